The van der Waals surface area contributed by atoms with Crippen LogP contribution >= 0.6 is 22.9 Å². The largest absolute Gasteiger partial charge is 0.386 e. The fourth-order valence-electron chi connectivity index (χ4n) is 5.32. The van der Waals surface area contributed by atoms with Crippen LogP contribution in [0.2, 0.25) is 5.02 Å². The van der Waals surface area contributed by atoms with Crippen molar-refractivity contribution in [2.45, 2.75) is 24.6 Å². The highest BCUT2D eigenvalue weighted by Crippen LogP contribution is 2.48. The first kappa shape index (κ1) is 25.5. The average molecular weight is 565 g/mol. The van der Waals surface area contributed by atoms with Gasteiger partial charge in [-0.15, -0.1) is 11.3 Å². The molecule has 38 heavy (non-hydrogen) atoms. The zero-order valence-electron chi connectivity index (χ0n) is 20.1. The summed E-state index contributed by atoms with van der Waals surface area (Å²) in [5.41, 5.74) is 0.873. The maximum atomic E-state index is 14.0. The molecule has 13 heteroatoms. The topological polar surface area (TPSA) is 79.0 Å². The first-order valence-electron chi connectivity index (χ1n) is 12.1. The van der Waals surface area contributed by atoms with Crippen molar-refractivity contribution in [3.05, 3.63) is 74.8 Å². The van der Waals surface area contributed by atoms with E-state index in [4.69, 9.17) is 21.3 Å². The third-order valence-electron chi connectivity index (χ3n) is 6.95. The Morgan fingerprint density at radius 1 is 1.24 bits per heavy atom. The molecule has 0 saturated carbocycles. The van der Waals surface area contributed by atoms with Gasteiger partial charge in [0.2, 0.25) is 0 Å². The van der Waals surface area contributed by atoms with Crippen molar-refractivity contribution in [3.8, 4) is 0 Å². The number of ether oxygens (including phenoxy) is 1. The molecule has 2 aromatic heterocycles. The number of hydrogen-bond donors (Lipinski definition) is 1. The first-order valence-corrected chi connectivity index (χ1v) is 13.4. The van der Waals surface area contributed by atoms with Gasteiger partial charge in [0, 0.05) is 65.7 Å². The summed E-state index contributed by atoms with van der Waals surface area (Å²) >= 11 is 7.90. The van der Waals surface area contributed by atoms with Crippen LogP contribution in [-0.2, 0) is 4.74 Å². The highest BCUT2D eigenvalue weighted by Gasteiger charge is 2.47. The van der Waals surface area contributed by atoms with Gasteiger partial charge in [0.25, 0.3) is 0 Å². The Kier molecular flexibility index (Phi) is 6.77. The molecule has 3 aliphatic heterocycles. The quantitative estimate of drug-likeness (QED) is 0.483. The molecule has 1 aromatic carbocycles. The number of rotatable bonds is 6. The van der Waals surface area contributed by atoms with Crippen LogP contribution in [0.25, 0.3) is 5.57 Å². The van der Waals surface area contributed by atoms with Crippen LogP contribution in [-0.4, -0.2) is 80.5 Å². The lowest BCUT2D eigenvalue weighted by molar-refractivity contribution is -0.0239. The van der Waals surface area contributed by atoms with Crippen molar-refractivity contribution in [1.82, 2.24) is 24.6 Å². The Morgan fingerprint density at radius 3 is 2.74 bits per heavy atom. The Balaban J connectivity index is 1.51. The van der Waals surface area contributed by atoms with E-state index in [0.29, 0.717) is 65.2 Å². The van der Waals surface area contributed by atoms with E-state index in [2.05, 4.69) is 15.0 Å². The van der Waals surface area contributed by atoms with E-state index >= 15 is 0 Å². The molecule has 0 unspecified atom stereocenters. The summed E-state index contributed by atoms with van der Waals surface area (Å²) in [4.78, 5) is 13.5. The number of aliphatic imine (C=N–C) groups is 1. The van der Waals surface area contributed by atoms with Gasteiger partial charge in [0.05, 0.1) is 25.5 Å². The number of morpholine rings is 1. The highest BCUT2D eigenvalue weighted by atomic mass is 35.5. The molecule has 2 atom stereocenters. The first-order chi connectivity index (χ1) is 18.3. The van der Waals surface area contributed by atoms with E-state index in [1.807, 2.05) is 10.3 Å². The molecule has 0 amide bonds. The third kappa shape index (κ3) is 4.75. The maximum absolute atomic E-state index is 14.0. The molecule has 6 rings (SSSR count). The third-order valence-corrected chi connectivity index (χ3v) is 8.05. The van der Waals surface area contributed by atoms with Gasteiger partial charge in [-0.05, 0) is 18.2 Å². The smallest absolute Gasteiger partial charge is 0.333 e. The molecule has 1 N–H and O–H groups in total. The predicted molar refractivity (Wildman–Crippen MR) is 137 cm³/mol. The van der Waals surface area contributed by atoms with Gasteiger partial charge in [-0.3, -0.25) is 9.89 Å². The van der Waals surface area contributed by atoms with Crippen molar-refractivity contribution in [2.24, 2.45) is 4.99 Å². The molecule has 0 aliphatic carbocycles. The molecule has 2 saturated heterocycles. The zero-order chi connectivity index (χ0) is 26.4. The standard InChI is InChI=1S/C25H24ClF3N6O2S/c26-17-11-15(27)1-2-16(17)21-20(18-3-5-35(32-18)24(28)29)19-12-25(36,13-33-6-8-37-9-7-33)14-34(19)22(31-21)23-30-4-10-38-23/h1-5,10-11,21,24,36H,6-9,12-14H2/t21-,25+/m0/s1. The van der Waals surface area contributed by atoms with Gasteiger partial charge in [0.1, 0.15) is 17.5 Å². The van der Waals surface area contributed by atoms with Gasteiger partial charge in [-0.2, -0.15) is 13.9 Å². The number of amidine groups is 1. The van der Waals surface area contributed by atoms with Gasteiger partial charge < -0.3 is 14.7 Å². The fourth-order valence-corrected chi connectivity index (χ4v) is 6.23. The number of β-amino-alcohol motifs (C(OH)–C–C–N with tert-alkyl or cyclic N) is 1. The van der Waals surface area contributed by atoms with Gasteiger partial charge in [-0.25, -0.2) is 14.1 Å². The second kappa shape index (κ2) is 10.1. The highest BCUT2D eigenvalue weighted by molar-refractivity contribution is 7.11. The van der Waals surface area contributed by atoms with Crippen LogP contribution in [0.15, 0.2) is 52.7 Å². The number of alkyl halides is 2. The second-order valence-corrected chi connectivity index (χ2v) is 10.9. The van der Waals surface area contributed by atoms with Gasteiger partial charge in [0.15, 0.2) is 10.8 Å². The van der Waals surface area contributed by atoms with E-state index in [1.165, 1.54) is 35.7 Å². The number of nitrogens with zero attached hydrogens (tertiary/aromatic N) is 6. The van der Waals surface area contributed by atoms with Crippen LogP contribution in [0.3, 0.4) is 0 Å². The van der Waals surface area contributed by atoms with Crippen LogP contribution in [0.4, 0.5) is 13.2 Å². The second-order valence-electron chi connectivity index (χ2n) is 9.55. The van der Waals surface area contributed by atoms with Crippen molar-refractivity contribution in [2.75, 3.05) is 39.4 Å². The molecule has 3 aliphatic rings. The zero-order valence-corrected chi connectivity index (χ0v) is 21.7. The summed E-state index contributed by atoms with van der Waals surface area (Å²) in [6.07, 6.45) is 3.11. The molecule has 0 radical (unpaired) electrons. The van der Waals surface area contributed by atoms with Gasteiger partial charge >= 0.3 is 6.55 Å². The number of thiazole rings is 1. The number of aliphatic hydroxyl groups is 1. The number of benzene rings is 1. The number of fused-ring (bicyclic) bond motifs is 1. The van der Waals surface area contributed by atoms with Crippen LogP contribution < -0.4 is 0 Å². The number of hydrogen-bond acceptors (Lipinski definition) is 8. The van der Waals surface area contributed by atoms with Crippen LogP contribution in [0.5, 0.6) is 0 Å². The normalized spacial score (nSPS) is 24.3. The predicted octanol–water partition coefficient (Wildman–Crippen LogP) is 4.21. The lowest BCUT2D eigenvalue weighted by Crippen LogP contribution is -2.49. The minimum absolute atomic E-state index is 0.152. The molecule has 8 nitrogen and oxygen atoms in total. The van der Waals surface area contributed by atoms with E-state index in [0.717, 1.165) is 0 Å². The molecular formula is C25H24ClF3N6O2S. The average Bonchev–Trinajstić information content (AvgIpc) is 3.64. The van der Waals surface area contributed by atoms with Crippen molar-refractivity contribution in [1.29, 1.82) is 0 Å². The van der Waals surface area contributed by atoms with Crippen molar-refractivity contribution >= 4 is 34.3 Å². The van der Waals surface area contributed by atoms with E-state index in [-0.39, 0.29) is 23.7 Å². The lowest BCUT2D eigenvalue weighted by Gasteiger charge is -2.34. The molecule has 5 heterocycles. The Morgan fingerprint density at radius 2 is 2.05 bits per heavy atom. The summed E-state index contributed by atoms with van der Waals surface area (Å²) in [5.74, 6) is 0.0348. The minimum Gasteiger partial charge on any atom is -0.386 e. The van der Waals surface area contributed by atoms with E-state index in [1.54, 1.807) is 12.3 Å². The Bertz CT molecular complexity index is 1390. The number of halogens is 4. The summed E-state index contributed by atoms with van der Waals surface area (Å²) in [6.45, 7) is 0.412. The summed E-state index contributed by atoms with van der Waals surface area (Å²) in [7, 11) is 0. The van der Waals surface area contributed by atoms with Crippen molar-refractivity contribution < 1.29 is 23.0 Å². The molecular weight excluding hydrogens is 541 g/mol. The maximum Gasteiger partial charge on any atom is 0.333 e. The Hall–Kier alpha value is -2.77. The SMILES string of the molecule is O[C@@]1(CN2CCOCC2)CC2=C(c3ccn(C(F)F)n3)[C@H](c3ccc(F)cc3Cl)N=C(c3nccs3)N2C1. The molecule has 200 valence electrons. The molecule has 0 spiro atoms. The van der Waals surface area contributed by atoms with E-state index < -0.39 is 24.0 Å². The molecule has 0 bridgehead atoms. The van der Waals surface area contributed by atoms with Crippen LogP contribution in [0.1, 0.15) is 35.3 Å². The van der Waals surface area contributed by atoms with Crippen LogP contribution in [0, 0.1) is 5.82 Å². The summed E-state index contributed by atoms with van der Waals surface area (Å²) < 4.78 is 47.0. The summed E-state index contributed by atoms with van der Waals surface area (Å²) in [5, 5.41) is 18.6. The molecule has 2 fully saturated rings. The number of aromatic nitrogens is 3. The van der Waals surface area contributed by atoms with E-state index in [9.17, 15) is 18.3 Å². The van der Waals surface area contributed by atoms with Gasteiger partial charge in [-0.1, -0.05) is 17.7 Å². The lowest BCUT2D eigenvalue weighted by atomic mass is 9.91. The fraction of sp³-hybridized carbons (Fsp3) is 0.400. The minimum atomic E-state index is -2.82. The molecule has 3 aromatic rings. The summed E-state index contributed by atoms with van der Waals surface area (Å²) in [6, 6.07) is 4.75. The van der Waals surface area contributed by atoms with Crippen molar-refractivity contribution in [3.63, 3.8) is 0 Å². The Labute approximate surface area is 225 Å². The monoisotopic (exact) mass is 564 g/mol.